The first-order chi connectivity index (χ1) is 42.6. The van der Waals surface area contributed by atoms with E-state index < -0.39 is 108 Å². The molecule has 24 nitrogen and oxygen atoms in total. The molecule has 2 aliphatic rings. The second-order valence-electron chi connectivity index (χ2n) is 19.7. The van der Waals surface area contributed by atoms with Crippen LogP contribution in [0, 0.1) is 5.92 Å². The fourth-order valence-corrected chi connectivity index (χ4v) is 7.59. The van der Waals surface area contributed by atoms with E-state index in [1.54, 1.807) is 12.1 Å². The molecular weight excluding hydrogens is 1170 g/mol. The first kappa shape index (κ1) is 75.6. The lowest BCUT2D eigenvalue weighted by Gasteiger charge is -2.20. The number of cyclic esters (lactones) is 4. The van der Waals surface area contributed by atoms with E-state index in [0.717, 1.165) is 54.5 Å². The summed E-state index contributed by atoms with van der Waals surface area (Å²) in [6, 6.07) is 33.4. The van der Waals surface area contributed by atoms with E-state index in [1.807, 2.05) is 109 Å². The normalized spacial score (nSPS) is 14.1. The van der Waals surface area contributed by atoms with Crippen molar-refractivity contribution < 1.29 is 106 Å². The first-order valence-corrected chi connectivity index (χ1v) is 28.8. The van der Waals surface area contributed by atoms with E-state index in [1.165, 1.54) is 32.6 Å². The number of alkyl halides is 2. The molecular formula is C63H79F2N5O19. The number of benzene rings is 4. The number of ether oxygens (including phenoxy) is 6. The Balaban J connectivity index is 0.000000452. The molecule has 4 amide bonds. The zero-order valence-corrected chi connectivity index (χ0v) is 50.1. The van der Waals surface area contributed by atoms with Gasteiger partial charge in [-0.05, 0) is 41.5 Å². The number of hydrogen-bond acceptors (Lipinski definition) is 19. The maximum absolute atomic E-state index is 13.2. The van der Waals surface area contributed by atoms with Crippen LogP contribution in [0.25, 0.3) is 0 Å². The van der Waals surface area contributed by atoms with Crippen LogP contribution in [-0.2, 0) is 103 Å². The summed E-state index contributed by atoms with van der Waals surface area (Å²) in [5.74, 6) is -8.78. The molecule has 7 N–H and O–H groups in total. The van der Waals surface area contributed by atoms with E-state index in [2.05, 4.69) is 50.3 Å². The Morgan fingerprint density at radius 3 is 1.22 bits per heavy atom. The lowest BCUT2D eigenvalue weighted by Crippen LogP contribution is -2.50. The zero-order chi connectivity index (χ0) is 65.8. The molecule has 6 rings (SSSR count). The predicted octanol–water partition coefficient (Wildman–Crippen LogP) is 5.35. The molecule has 4 atom stereocenters. The van der Waals surface area contributed by atoms with Crippen LogP contribution in [-0.4, -0.2) is 109 Å². The van der Waals surface area contributed by atoms with Crippen molar-refractivity contribution in [2.75, 3.05) is 13.1 Å². The average molecular weight is 1250 g/mol. The summed E-state index contributed by atoms with van der Waals surface area (Å²) < 4.78 is 50.0. The third kappa shape index (κ3) is 35.7. The van der Waals surface area contributed by atoms with E-state index in [9.17, 15) is 61.5 Å². The van der Waals surface area contributed by atoms with Gasteiger partial charge in [0.25, 0.3) is 6.43 Å². The van der Waals surface area contributed by atoms with Crippen molar-refractivity contribution in [2.45, 2.75) is 155 Å². The zero-order valence-electron chi connectivity index (χ0n) is 50.1. The van der Waals surface area contributed by atoms with Crippen molar-refractivity contribution in [1.29, 1.82) is 0 Å². The molecule has 0 spiro atoms. The van der Waals surface area contributed by atoms with Crippen molar-refractivity contribution in [1.82, 2.24) is 21.3 Å². The Morgan fingerprint density at radius 1 is 0.539 bits per heavy atom. The van der Waals surface area contributed by atoms with E-state index >= 15 is 0 Å². The van der Waals surface area contributed by atoms with Gasteiger partial charge < -0.3 is 65.3 Å². The maximum Gasteiger partial charge on any atom is 0.415 e. The molecule has 2 heterocycles. The minimum absolute atomic E-state index is 0.0248. The number of alkyl carbamates (subject to hydrolysis) is 2. The minimum atomic E-state index is -3.34. The van der Waals surface area contributed by atoms with Gasteiger partial charge in [-0.2, -0.15) is 0 Å². The number of amides is 4. The van der Waals surface area contributed by atoms with Gasteiger partial charge in [-0.1, -0.05) is 167 Å². The summed E-state index contributed by atoms with van der Waals surface area (Å²) >= 11 is 0. The third-order valence-corrected chi connectivity index (χ3v) is 12.2. The first-order valence-electron chi connectivity index (χ1n) is 28.8. The van der Waals surface area contributed by atoms with Crippen LogP contribution < -0.4 is 32.1 Å². The number of esters is 6. The molecule has 0 saturated carbocycles. The fourth-order valence-electron chi connectivity index (χ4n) is 7.59. The van der Waals surface area contributed by atoms with Crippen LogP contribution in [0.2, 0.25) is 0 Å². The number of halogens is 2. The number of unbranched alkanes of at least 4 members (excludes halogenated alkanes) is 6. The summed E-state index contributed by atoms with van der Waals surface area (Å²) in [5, 5.41) is 18.6. The lowest BCUT2D eigenvalue weighted by molar-refractivity contribution is -0.368. The molecule has 484 valence electrons. The predicted molar refractivity (Wildman–Crippen MR) is 311 cm³/mol. The lowest BCUT2D eigenvalue weighted by atomic mass is 9.93. The quantitative estimate of drug-likeness (QED) is 0.0183. The highest BCUT2D eigenvalue weighted by molar-refractivity contribution is 5.98. The van der Waals surface area contributed by atoms with Gasteiger partial charge in [0.15, 0.2) is 5.78 Å². The van der Waals surface area contributed by atoms with Crippen LogP contribution in [0.1, 0.15) is 126 Å². The summed E-state index contributed by atoms with van der Waals surface area (Å²) in [5.41, 5.74) is 7.03. The summed E-state index contributed by atoms with van der Waals surface area (Å²) in [6.07, 6.45) is 2.72. The molecule has 26 heteroatoms. The van der Waals surface area contributed by atoms with Crippen molar-refractivity contribution in [3.05, 3.63) is 144 Å². The highest BCUT2D eigenvalue weighted by Gasteiger charge is 2.36. The van der Waals surface area contributed by atoms with Crippen LogP contribution in [0.4, 0.5) is 18.4 Å². The number of carbonyl (C=O) groups is 12. The second kappa shape index (κ2) is 44.9. The van der Waals surface area contributed by atoms with Gasteiger partial charge in [0.2, 0.25) is 11.8 Å². The van der Waals surface area contributed by atoms with E-state index in [0.29, 0.717) is 6.54 Å². The Bertz CT molecular complexity index is 2740. The van der Waals surface area contributed by atoms with Crippen LogP contribution in [0.5, 0.6) is 0 Å². The van der Waals surface area contributed by atoms with Gasteiger partial charge in [0.05, 0.1) is 44.2 Å². The van der Waals surface area contributed by atoms with Crippen LogP contribution in [0.3, 0.4) is 0 Å². The largest absolute Gasteiger partial charge is 0.544 e. The third-order valence-electron chi connectivity index (χ3n) is 12.2. The summed E-state index contributed by atoms with van der Waals surface area (Å²) in [4.78, 5) is 138. The molecule has 0 aromatic heterocycles. The summed E-state index contributed by atoms with van der Waals surface area (Å²) in [7, 11) is 0. The number of aliphatic carboxylic acids is 1. The molecule has 2 fully saturated rings. The van der Waals surface area contributed by atoms with E-state index in [4.69, 9.17) is 28.8 Å². The number of carboxylic acids is 1. The smallest absolute Gasteiger partial charge is 0.415 e. The summed E-state index contributed by atoms with van der Waals surface area (Å²) in [6.45, 7) is 7.41. The molecule has 0 bridgehead atoms. The van der Waals surface area contributed by atoms with Crippen molar-refractivity contribution >= 4 is 71.6 Å². The van der Waals surface area contributed by atoms with E-state index in [-0.39, 0.29) is 52.1 Å². The van der Waals surface area contributed by atoms with Crippen molar-refractivity contribution in [2.24, 2.45) is 5.92 Å². The van der Waals surface area contributed by atoms with Gasteiger partial charge in [0.1, 0.15) is 44.5 Å². The Morgan fingerprint density at radius 2 is 0.899 bits per heavy atom. The standard InChI is InChI=1S/C31H40N2O7.2C12H11NO5.C6H15N.C2H2F2O2/c1-3-4-5-12-17-32-31(38)26(19-29(36)39-21-24-13-8-6-9-14-24)18-28(35)27(33-23(2)34)20-30(37)40-22-25-15-10-7-11-16-25;2*14-10(6-9-11(15)18-12(16)13-9)17-7-8-4-2-1-3-5-8;1-2-3-4-5-6-7;3-1(4)2(5)6/h6-11,13-16,26-27H,3-5,12,17-22H2,1-2H3,(H,32,38)(H,33,34);2*1-5,9H,6-7H2,(H,13,16);2-7H2,1H3;1H,(H,5,6)/t26-,27+;2*9-;;/m010../s1. The van der Waals surface area contributed by atoms with Crippen molar-refractivity contribution in [3.63, 3.8) is 0 Å². The molecule has 2 saturated heterocycles. The van der Waals surface area contributed by atoms with Gasteiger partial charge in [-0.25, -0.2) is 28.0 Å². The number of nitrogens with one attached hydrogen (secondary N) is 4. The van der Waals surface area contributed by atoms with Gasteiger partial charge in [0, 0.05) is 19.9 Å². The van der Waals surface area contributed by atoms with Crippen molar-refractivity contribution in [3.8, 4) is 0 Å². The fraction of sp³-hybridized carbons (Fsp3) is 0.429. The molecule has 4 aromatic rings. The molecule has 2 aliphatic heterocycles. The molecule has 0 aliphatic carbocycles. The number of carboxylic acid groups (broad SMARTS) is 1. The average Bonchev–Trinajstić information content (AvgIpc) is 4.23. The Hall–Kier alpha value is -9.46. The Kier molecular flexibility index (Phi) is 38.2. The number of carbonyl (C=O) groups excluding carboxylic acids is 12. The number of quaternary nitrogens is 1. The maximum atomic E-state index is 13.2. The topological polar surface area (TPSA) is 359 Å². The van der Waals surface area contributed by atoms with Crippen LogP contribution in [0.15, 0.2) is 121 Å². The number of rotatable bonds is 31. The number of hydrogen-bond donors (Lipinski definition) is 5. The highest BCUT2D eigenvalue weighted by Crippen LogP contribution is 2.17. The highest BCUT2D eigenvalue weighted by atomic mass is 19.3. The molecule has 0 unspecified atom stereocenters. The second-order valence-corrected chi connectivity index (χ2v) is 19.7. The monoisotopic (exact) mass is 1250 g/mol. The van der Waals surface area contributed by atoms with Crippen LogP contribution >= 0.6 is 0 Å². The molecule has 4 aromatic carbocycles. The van der Waals surface area contributed by atoms with Gasteiger partial charge >= 0.3 is 48.0 Å². The van der Waals surface area contributed by atoms with Gasteiger partial charge in [-0.3, -0.25) is 33.6 Å². The molecule has 0 radical (unpaired) electrons. The van der Waals surface area contributed by atoms with Gasteiger partial charge in [-0.15, -0.1) is 0 Å². The molecule has 89 heavy (non-hydrogen) atoms. The number of ketones is 1. The Labute approximate surface area is 514 Å². The SMILES string of the molecule is CCCCCCNC(=O)[C@H](CC(=O)OCc1ccccc1)CC(=O)[C@@H](CC(=O)OCc1ccccc1)NC(C)=O.CCCCCC[NH3+].O=C(C[C@@H]1NC(=O)OC1=O)OCc1ccccc1.O=C(C[C@H]1NC(=O)OC1=O)OCc1ccccc1.O=C([O-])C(F)F. The minimum Gasteiger partial charge on any atom is -0.544 e. The number of Topliss-reactive ketones (excluding diaryl/α,β-unsaturated/α-hetero) is 1.